The molecule has 0 spiro atoms. The van der Waals surface area contributed by atoms with Crippen molar-refractivity contribution in [1.82, 2.24) is 0 Å². The second kappa shape index (κ2) is 7.60. The Balaban J connectivity index is 0.00000225. The van der Waals surface area contributed by atoms with Gasteiger partial charge in [-0.25, -0.2) is 4.39 Å². The highest BCUT2D eigenvalue weighted by Gasteiger charge is 2.07. The quantitative estimate of drug-likeness (QED) is 0.785. The van der Waals surface area contributed by atoms with Gasteiger partial charge in [-0.05, 0) is 43.5 Å². The Bertz CT molecular complexity index is 318. The van der Waals surface area contributed by atoms with E-state index < -0.39 is 0 Å². The SMILES string of the molecule is Cc1cc([C@@H](N)CCCCN)ccc1F.Cl. The minimum atomic E-state index is -0.173. The summed E-state index contributed by atoms with van der Waals surface area (Å²) >= 11 is 0. The summed E-state index contributed by atoms with van der Waals surface area (Å²) in [6, 6.07) is 5.06. The molecule has 0 saturated carbocycles. The molecule has 0 radical (unpaired) electrons. The number of hydrogen-bond donors (Lipinski definition) is 2. The van der Waals surface area contributed by atoms with Crippen LogP contribution in [0.2, 0.25) is 0 Å². The Morgan fingerprint density at radius 2 is 2.00 bits per heavy atom. The highest BCUT2D eigenvalue weighted by atomic mass is 35.5. The van der Waals surface area contributed by atoms with E-state index >= 15 is 0 Å². The Morgan fingerprint density at radius 1 is 1.31 bits per heavy atom. The summed E-state index contributed by atoms with van der Waals surface area (Å²) in [6.07, 6.45) is 2.92. The molecule has 2 nitrogen and oxygen atoms in total. The third-order valence-electron chi connectivity index (χ3n) is 2.58. The highest BCUT2D eigenvalue weighted by Crippen LogP contribution is 2.19. The van der Waals surface area contributed by atoms with Crippen molar-refractivity contribution in [2.45, 2.75) is 32.2 Å². The summed E-state index contributed by atoms with van der Waals surface area (Å²) in [5.41, 5.74) is 13.1. The van der Waals surface area contributed by atoms with Crippen LogP contribution in [0.4, 0.5) is 4.39 Å². The smallest absolute Gasteiger partial charge is 0.126 e. The molecule has 16 heavy (non-hydrogen) atoms. The molecule has 0 fully saturated rings. The lowest BCUT2D eigenvalue weighted by molar-refractivity contribution is 0.584. The lowest BCUT2D eigenvalue weighted by Gasteiger charge is -2.12. The van der Waals surface area contributed by atoms with Crippen molar-refractivity contribution in [3.8, 4) is 0 Å². The maximum atomic E-state index is 13.0. The Labute approximate surface area is 103 Å². The summed E-state index contributed by atoms with van der Waals surface area (Å²) in [5, 5.41) is 0. The van der Waals surface area contributed by atoms with Crippen molar-refractivity contribution in [2.24, 2.45) is 11.5 Å². The van der Waals surface area contributed by atoms with E-state index in [9.17, 15) is 4.39 Å². The van der Waals surface area contributed by atoms with Crippen molar-refractivity contribution in [1.29, 1.82) is 0 Å². The lowest BCUT2D eigenvalue weighted by atomic mass is 10.00. The molecule has 1 aromatic carbocycles. The number of unbranched alkanes of at least 4 members (excludes halogenated alkanes) is 1. The molecule has 1 aromatic rings. The molecule has 0 amide bonds. The zero-order valence-electron chi connectivity index (χ0n) is 9.58. The molecule has 0 saturated heterocycles. The van der Waals surface area contributed by atoms with Crippen LogP contribution < -0.4 is 11.5 Å². The minimum Gasteiger partial charge on any atom is -0.330 e. The molecule has 0 aliphatic rings. The zero-order valence-corrected chi connectivity index (χ0v) is 10.4. The molecule has 0 aliphatic carbocycles. The zero-order chi connectivity index (χ0) is 11.3. The van der Waals surface area contributed by atoms with E-state index in [1.165, 1.54) is 6.07 Å². The first-order valence-corrected chi connectivity index (χ1v) is 5.37. The van der Waals surface area contributed by atoms with Gasteiger partial charge in [0, 0.05) is 6.04 Å². The van der Waals surface area contributed by atoms with Gasteiger partial charge in [-0.3, -0.25) is 0 Å². The maximum Gasteiger partial charge on any atom is 0.126 e. The van der Waals surface area contributed by atoms with E-state index in [-0.39, 0.29) is 24.3 Å². The predicted molar refractivity (Wildman–Crippen MR) is 68.2 cm³/mol. The van der Waals surface area contributed by atoms with Crippen molar-refractivity contribution < 1.29 is 4.39 Å². The summed E-state index contributed by atoms with van der Waals surface area (Å²) in [6.45, 7) is 2.46. The lowest BCUT2D eigenvalue weighted by Crippen LogP contribution is -2.11. The number of halogens is 2. The van der Waals surface area contributed by atoms with Crippen LogP contribution in [0.25, 0.3) is 0 Å². The van der Waals surface area contributed by atoms with Crippen LogP contribution in [0, 0.1) is 12.7 Å². The molecule has 0 aromatic heterocycles. The number of benzene rings is 1. The van der Waals surface area contributed by atoms with Crippen molar-refractivity contribution in [3.63, 3.8) is 0 Å². The van der Waals surface area contributed by atoms with Gasteiger partial charge in [-0.1, -0.05) is 18.6 Å². The van der Waals surface area contributed by atoms with Crippen LogP contribution in [0.15, 0.2) is 18.2 Å². The fraction of sp³-hybridized carbons (Fsp3) is 0.500. The Kier molecular flexibility index (Phi) is 7.30. The highest BCUT2D eigenvalue weighted by molar-refractivity contribution is 5.85. The van der Waals surface area contributed by atoms with Crippen LogP contribution in [-0.4, -0.2) is 6.54 Å². The van der Waals surface area contributed by atoms with E-state index in [1.807, 2.05) is 6.07 Å². The van der Waals surface area contributed by atoms with Gasteiger partial charge in [0.15, 0.2) is 0 Å². The molecule has 0 bridgehead atoms. The van der Waals surface area contributed by atoms with E-state index in [1.54, 1.807) is 13.0 Å². The third-order valence-corrected chi connectivity index (χ3v) is 2.58. The van der Waals surface area contributed by atoms with Gasteiger partial charge < -0.3 is 11.5 Å². The molecule has 4 heteroatoms. The Morgan fingerprint density at radius 3 is 2.56 bits per heavy atom. The molecule has 0 aliphatic heterocycles. The van der Waals surface area contributed by atoms with E-state index in [2.05, 4.69) is 0 Å². The fourth-order valence-corrected chi connectivity index (χ4v) is 1.57. The topological polar surface area (TPSA) is 52.0 Å². The first kappa shape index (κ1) is 15.4. The van der Waals surface area contributed by atoms with Gasteiger partial charge in [0.25, 0.3) is 0 Å². The maximum absolute atomic E-state index is 13.0. The molecular formula is C12H20ClFN2. The van der Waals surface area contributed by atoms with E-state index in [0.29, 0.717) is 12.1 Å². The van der Waals surface area contributed by atoms with Crippen LogP contribution in [-0.2, 0) is 0 Å². The average molecular weight is 247 g/mol. The second-order valence-corrected chi connectivity index (χ2v) is 3.90. The van der Waals surface area contributed by atoms with Gasteiger partial charge in [0.05, 0.1) is 0 Å². The number of nitrogens with two attached hydrogens (primary N) is 2. The van der Waals surface area contributed by atoms with Crippen LogP contribution in [0.5, 0.6) is 0 Å². The third kappa shape index (κ3) is 4.47. The minimum absolute atomic E-state index is 0. The molecule has 92 valence electrons. The largest absolute Gasteiger partial charge is 0.330 e. The summed E-state index contributed by atoms with van der Waals surface area (Å²) in [4.78, 5) is 0. The molecule has 4 N–H and O–H groups in total. The number of hydrogen-bond acceptors (Lipinski definition) is 2. The van der Waals surface area contributed by atoms with Crippen LogP contribution in [0.3, 0.4) is 0 Å². The fourth-order valence-electron chi connectivity index (χ4n) is 1.57. The normalized spacial score (nSPS) is 12.0. The van der Waals surface area contributed by atoms with Gasteiger partial charge in [0.1, 0.15) is 5.82 Å². The van der Waals surface area contributed by atoms with E-state index in [4.69, 9.17) is 11.5 Å². The van der Waals surface area contributed by atoms with Gasteiger partial charge in [0.2, 0.25) is 0 Å². The summed E-state index contributed by atoms with van der Waals surface area (Å²) in [5.74, 6) is -0.173. The van der Waals surface area contributed by atoms with Crippen LogP contribution >= 0.6 is 12.4 Å². The molecule has 0 unspecified atom stereocenters. The first-order chi connectivity index (χ1) is 7.15. The molecule has 1 rings (SSSR count). The van der Waals surface area contributed by atoms with Gasteiger partial charge >= 0.3 is 0 Å². The van der Waals surface area contributed by atoms with Crippen molar-refractivity contribution >= 4 is 12.4 Å². The summed E-state index contributed by atoms with van der Waals surface area (Å²) < 4.78 is 13.0. The van der Waals surface area contributed by atoms with E-state index in [0.717, 1.165) is 24.8 Å². The second-order valence-electron chi connectivity index (χ2n) is 3.90. The monoisotopic (exact) mass is 246 g/mol. The standard InChI is InChI=1S/C12H19FN2.ClH/c1-9-8-10(5-6-11(9)13)12(15)4-2-3-7-14;/h5-6,8,12H,2-4,7,14-15H2,1H3;1H/t12-;/m0./s1. The van der Waals surface area contributed by atoms with Gasteiger partial charge in [-0.15, -0.1) is 12.4 Å². The average Bonchev–Trinajstić information content (AvgIpc) is 2.22. The molecule has 1 atom stereocenters. The predicted octanol–water partition coefficient (Wildman–Crippen LogP) is 2.68. The van der Waals surface area contributed by atoms with Crippen molar-refractivity contribution in [3.05, 3.63) is 35.1 Å². The van der Waals surface area contributed by atoms with Crippen LogP contribution in [0.1, 0.15) is 36.4 Å². The molecule has 0 heterocycles. The van der Waals surface area contributed by atoms with Crippen molar-refractivity contribution in [2.75, 3.05) is 6.54 Å². The van der Waals surface area contributed by atoms with Gasteiger partial charge in [-0.2, -0.15) is 0 Å². The molecular weight excluding hydrogens is 227 g/mol. The number of rotatable bonds is 5. The Hall–Kier alpha value is -0.640. The number of aryl methyl sites for hydroxylation is 1. The first-order valence-electron chi connectivity index (χ1n) is 5.37. The summed E-state index contributed by atoms with van der Waals surface area (Å²) in [7, 11) is 0.